The molecule has 1 N–H and O–H groups in total. The predicted molar refractivity (Wildman–Crippen MR) is 123 cm³/mol. The monoisotopic (exact) mass is 936 g/mol. The van der Waals surface area contributed by atoms with Gasteiger partial charge < -0.3 is 9.84 Å². The molecule has 34 heteroatoms. The molecule has 0 aromatic rings. The molecule has 0 unspecified atom stereocenters. The summed E-state index contributed by atoms with van der Waals surface area (Å²) in [6, 6.07) is 0. The third-order valence-corrected chi connectivity index (χ3v) is 6.79. The van der Waals surface area contributed by atoms with Crippen LogP contribution < -0.4 is 0 Å². The first-order valence-corrected chi connectivity index (χ1v) is 13.2. The molecule has 0 radical (unpaired) electrons. The Morgan fingerprint density at radius 1 is 0.448 bits per heavy atom. The number of hydrogen-bond donors (Lipinski definition) is 1. The van der Waals surface area contributed by atoms with Crippen molar-refractivity contribution in [2.75, 3.05) is 6.61 Å². The molecule has 0 atom stereocenters. The summed E-state index contributed by atoms with van der Waals surface area (Å²) in [5.41, 5.74) is -18.0. The van der Waals surface area contributed by atoms with Crippen molar-refractivity contribution in [1.29, 1.82) is 0 Å². The Kier molecular flexibility index (Phi) is 15.6. The number of carboxylic acid groups (broad SMARTS) is 1. The van der Waals surface area contributed by atoms with E-state index in [0.29, 0.717) is 0 Å². The number of alkyl halides is 30. The molecule has 0 aliphatic rings. The topological polar surface area (TPSA) is 63.6 Å². The van der Waals surface area contributed by atoms with Gasteiger partial charge in [-0.1, -0.05) is 13.2 Å². The minimum atomic E-state index is -8.48. The average molecular weight is 936 g/mol. The van der Waals surface area contributed by atoms with E-state index in [1.165, 1.54) is 0 Å². The molecule has 0 fully saturated rings. The number of hydrogen-bond acceptors (Lipinski definition) is 3. The van der Waals surface area contributed by atoms with Crippen molar-refractivity contribution in [2.24, 2.45) is 0 Å². The fraction of sp³-hybridized carbons (Fsp3) is 0.750. The lowest BCUT2D eigenvalue weighted by Crippen LogP contribution is -2.75. The smallest absolute Gasteiger partial charge is 0.438 e. The van der Waals surface area contributed by atoms with Crippen molar-refractivity contribution >= 4 is 11.9 Å². The van der Waals surface area contributed by atoms with E-state index >= 15 is 0 Å². The molecular weight excluding hydrogens is 922 g/mol. The molecule has 344 valence electrons. The predicted octanol–water partition coefficient (Wildman–Crippen LogP) is 11.3. The van der Waals surface area contributed by atoms with Gasteiger partial charge in [-0.05, 0) is 6.42 Å². The van der Waals surface area contributed by atoms with Gasteiger partial charge in [0.15, 0.2) is 0 Å². The van der Waals surface area contributed by atoms with Crippen molar-refractivity contribution in [3.63, 3.8) is 0 Å². The van der Waals surface area contributed by atoms with Gasteiger partial charge in [0.25, 0.3) is 0 Å². The lowest BCUT2D eigenvalue weighted by Gasteiger charge is -2.43. The first-order chi connectivity index (χ1) is 24.8. The van der Waals surface area contributed by atoms with Crippen molar-refractivity contribution in [3.05, 3.63) is 24.8 Å². The molecule has 0 rings (SSSR count). The third kappa shape index (κ3) is 9.06. The number of rotatable bonds is 16. The normalized spacial score (nSPS) is 15.3. The summed E-state index contributed by atoms with van der Waals surface area (Å²) in [5.74, 6) is -65.6. The maximum absolute atomic E-state index is 13.4. The maximum atomic E-state index is 13.4. The number of carbonyl (C=O) groups excluding carboxylic acids is 1. The third-order valence-electron chi connectivity index (χ3n) is 6.79. The van der Waals surface area contributed by atoms with E-state index in [2.05, 4.69) is 17.9 Å². The lowest BCUT2D eigenvalue weighted by molar-refractivity contribution is -0.457. The summed E-state index contributed by atoms with van der Waals surface area (Å²) in [6.45, 7) is 3.25. The van der Waals surface area contributed by atoms with Crippen LogP contribution in [0.25, 0.3) is 0 Å². The van der Waals surface area contributed by atoms with E-state index in [1.807, 2.05) is 0 Å². The Labute approximate surface area is 298 Å². The van der Waals surface area contributed by atoms with E-state index in [0.717, 1.165) is 0 Å². The van der Waals surface area contributed by atoms with Gasteiger partial charge in [-0.25, -0.2) is 18.4 Å². The van der Waals surface area contributed by atoms with Gasteiger partial charge in [-0.3, -0.25) is 0 Å². The zero-order chi connectivity index (χ0) is 48.0. The highest BCUT2D eigenvalue weighted by Gasteiger charge is 2.97. The summed E-state index contributed by atoms with van der Waals surface area (Å²) in [7, 11) is 0. The van der Waals surface area contributed by atoms with Gasteiger partial charge in [0.1, 0.15) is 0 Å². The van der Waals surface area contributed by atoms with Crippen molar-refractivity contribution < 1.29 is 151 Å². The van der Waals surface area contributed by atoms with Crippen LogP contribution in [0.3, 0.4) is 0 Å². The first-order valence-electron chi connectivity index (χ1n) is 13.2. The second kappa shape index (κ2) is 16.1. The van der Waals surface area contributed by atoms with Crippen molar-refractivity contribution in [3.8, 4) is 0 Å². The van der Waals surface area contributed by atoms with E-state index in [4.69, 9.17) is 5.11 Å². The first kappa shape index (κ1) is 56.4. The van der Waals surface area contributed by atoms with Crippen LogP contribution in [0.4, 0.5) is 132 Å². The minimum Gasteiger partial charge on any atom is -0.478 e. The molecular formula is C24H14F30O4. The standard InChI is InChI=1S/2C12H7F15O2/c1-4(5(28)29)2-3-6(13,14)8(16,17)10(20,21)9(18,19)7(15,11(22,23)24)12(25,26)27;1-2-5(28)29-4-3-6(13,14)8(16,17)10(20,21)9(18,19)7(15,11(22,23)24)12(25,26)27/h1-3H2,(H,28,29);2H,1,3-4H2. The molecule has 0 heterocycles. The molecule has 0 aliphatic heterocycles. The largest absolute Gasteiger partial charge is 0.478 e. The van der Waals surface area contributed by atoms with Crippen LogP contribution in [-0.2, 0) is 14.3 Å². The highest BCUT2D eigenvalue weighted by Crippen LogP contribution is 2.66. The number of esters is 1. The molecule has 0 bridgehead atoms. The molecule has 58 heavy (non-hydrogen) atoms. The average Bonchev–Trinajstić information content (AvgIpc) is 2.99. The summed E-state index contributed by atoms with van der Waals surface area (Å²) in [6.07, 6.45) is -39.0. The van der Waals surface area contributed by atoms with Gasteiger partial charge in [0.2, 0.25) is 0 Å². The SMILES string of the molecule is C=C(CCC(F)(F)C(F)(F)C(F)(F)C(F)(F)C(F)(C(F)(F)F)C(F)(F)F)C(=O)O.C=CC(=O)OCCC(F)(F)C(F)(F)C(F)(F)C(F)(F)C(F)(C(F)(F)F)C(F)(F)F. The van der Waals surface area contributed by atoms with E-state index < -0.39 is 127 Å². The Morgan fingerprint density at radius 2 is 0.707 bits per heavy atom. The molecule has 0 saturated carbocycles. The van der Waals surface area contributed by atoms with Crippen LogP contribution in [0.2, 0.25) is 0 Å². The Hall–Kier alpha value is -3.68. The number of ether oxygens (including phenoxy) is 1. The maximum Gasteiger partial charge on any atom is 0.438 e. The molecule has 0 spiro atoms. The van der Waals surface area contributed by atoms with Crippen LogP contribution in [0.1, 0.15) is 19.3 Å². The number of halogens is 30. The van der Waals surface area contributed by atoms with Crippen LogP contribution in [-0.4, -0.2) is 107 Å². The van der Waals surface area contributed by atoms with Crippen LogP contribution in [0.15, 0.2) is 24.8 Å². The highest BCUT2D eigenvalue weighted by molar-refractivity contribution is 5.85. The quantitative estimate of drug-likeness (QED) is 0.0951. The summed E-state index contributed by atoms with van der Waals surface area (Å²) >= 11 is 0. The molecule has 4 nitrogen and oxygen atoms in total. The zero-order valence-corrected chi connectivity index (χ0v) is 26.3. The van der Waals surface area contributed by atoms with Gasteiger partial charge in [0, 0.05) is 18.1 Å². The fourth-order valence-electron chi connectivity index (χ4n) is 3.39. The summed E-state index contributed by atoms with van der Waals surface area (Å²) < 4.78 is 390. The molecule has 0 saturated heterocycles. The Balaban J connectivity index is 0. The van der Waals surface area contributed by atoms with Gasteiger partial charge in [-0.2, -0.15) is 123 Å². The number of carboxylic acids is 1. The van der Waals surface area contributed by atoms with Gasteiger partial charge in [0.05, 0.1) is 13.0 Å². The number of aliphatic carboxylic acids is 1. The van der Waals surface area contributed by atoms with E-state index in [-0.39, 0.29) is 6.08 Å². The molecule has 0 aromatic heterocycles. The van der Waals surface area contributed by atoms with Crippen LogP contribution in [0.5, 0.6) is 0 Å². The van der Waals surface area contributed by atoms with E-state index in [9.17, 15) is 141 Å². The minimum absolute atomic E-state index is 0.239. The van der Waals surface area contributed by atoms with Crippen LogP contribution in [0, 0.1) is 0 Å². The highest BCUT2D eigenvalue weighted by atomic mass is 19.5. The Morgan fingerprint density at radius 3 is 0.931 bits per heavy atom. The second-order valence-corrected chi connectivity index (χ2v) is 10.7. The van der Waals surface area contributed by atoms with Crippen molar-refractivity contribution in [1.82, 2.24) is 0 Å². The fourth-order valence-corrected chi connectivity index (χ4v) is 3.39. The van der Waals surface area contributed by atoms with Gasteiger partial charge in [-0.15, -0.1) is 0 Å². The van der Waals surface area contributed by atoms with Gasteiger partial charge >= 0.3 is 95.4 Å². The van der Waals surface area contributed by atoms with E-state index in [1.54, 1.807) is 0 Å². The lowest BCUT2D eigenvalue weighted by atomic mass is 9.85. The molecule has 0 aliphatic carbocycles. The number of carbonyl (C=O) groups is 2. The molecule has 0 amide bonds. The molecule has 0 aromatic carbocycles. The van der Waals surface area contributed by atoms with Crippen molar-refractivity contribution in [2.45, 2.75) is 103 Å². The summed E-state index contributed by atoms with van der Waals surface area (Å²) in [4.78, 5) is 20.8. The Bertz CT molecular complexity index is 1450. The second-order valence-electron chi connectivity index (χ2n) is 10.7. The summed E-state index contributed by atoms with van der Waals surface area (Å²) in [5, 5.41) is 8.26. The zero-order valence-electron chi connectivity index (χ0n) is 26.3. The van der Waals surface area contributed by atoms with Crippen LogP contribution >= 0.6 is 0 Å².